The summed E-state index contributed by atoms with van der Waals surface area (Å²) in [5, 5.41) is 0. The van der Waals surface area contributed by atoms with Gasteiger partial charge < -0.3 is 27.9 Å². The second kappa shape index (κ2) is 35.0. The number of hydrogen-bond donors (Lipinski definition) is 0. The molecule has 0 bridgehead atoms. The van der Waals surface area contributed by atoms with Crippen LogP contribution in [0.4, 0.5) is 0 Å². The first kappa shape index (κ1) is 50.2. The summed E-state index contributed by atoms with van der Waals surface area (Å²) < 4.78 is 33.7. The van der Waals surface area contributed by atoms with Gasteiger partial charge in [-0.25, -0.2) is 0 Å². The van der Waals surface area contributed by atoms with Gasteiger partial charge in [0.2, 0.25) is 0 Å². The summed E-state index contributed by atoms with van der Waals surface area (Å²) in [6, 6.07) is 0. The first-order valence-corrected chi connectivity index (χ1v) is 22.2. The summed E-state index contributed by atoms with van der Waals surface area (Å²) >= 11 is 0. The fourth-order valence-electron chi connectivity index (χ4n) is 5.35. The Morgan fingerprint density at radius 1 is 0.596 bits per heavy atom. The van der Waals surface area contributed by atoms with E-state index in [2.05, 4.69) is 38.2 Å². The topological polar surface area (TPSA) is 111 Å². The van der Waals surface area contributed by atoms with Crippen molar-refractivity contribution in [2.45, 2.75) is 174 Å². The van der Waals surface area contributed by atoms with E-state index in [1.54, 1.807) is 0 Å². The second-order valence-corrected chi connectivity index (χ2v) is 16.4. The van der Waals surface area contributed by atoms with Crippen LogP contribution in [0.2, 0.25) is 0 Å². The van der Waals surface area contributed by atoms with Crippen LogP contribution < -0.4 is 4.89 Å². The van der Waals surface area contributed by atoms with Crippen LogP contribution in [0.3, 0.4) is 0 Å². The van der Waals surface area contributed by atoms with Crippen molar-refractivity contribution < 1.29 is 42.1 Å². The second-order valence-electron chi connectivity index (χ2n) is 15.0. The minimum atomic E-state index is -4.63. The number of phosphoric ester groups is 1. The van der Waals surface area contributed by atoms with Gasteiger partial charge >= 0.3 is 11.9 Å². The lowest BCUT2D eigenvalue weighted by molar-refractivity contribution is -0.870. The number of allylic oxidation sites excluding steroid dienone is 6. The van der Waals surface area contributed by atoms with E-state index in [0.717, 1.165) is 44.9 Å². The molecule has 0 rings (SSSR count). The Morgan fingerprint density at radius 2 is 1.08 bits per heavy atom. The average molecular weight is 756 g/mol. The van der Waals surface area contributed by atoms with Crippen molar-refractivity contribution in [1.82, 2.24) is 0 Å². The van der Waals surface area contributed by atoms with Crippen molar-refractivity contribution >= 4 is 19.8 Å². The smallest absolute Gasteiger partial charge is 0.306 e. The third-order valence-electron chi connectivity index (χ3n) is 8.65. The minimum absolute atomic E-state index is 0.0408. The van der Waals surface area contributed by atoms with Gasteiger partial charge in [0.1, 0.15) is 19.8 Å². The van der Waals surface area contributed by atoms with E-state index in [-0.39, 0.29) is 26.1 Å². The quantitative estimate of drug-likeness (QED) is 0.0203. The zero-order valence-corrected chi connectivity index (χ0v) is 34.9. The van der Waals surface area contributed by atoms with E-state index in [4.69, 9.17) is 18.5 Å². The number of carbonyl (C=O) groups is 2. The molecule has 0 aliphatic rings. The van der Waals surface area contributed by atoms with Gasteiger partial charge in [0.05, 0.1) is 27.7 Å². The highest BCUT2D eigenvalue weighted by molar-refractivity contribution is 7.45. The van der Waals surface area contributed by atoms with Crippen molar-refractivity contribution in [2.75, 3.05) is 47.5 Å². The SMILES string of the molecule is CCCCCC/C=C/CCCCCCCCCC(=O)OCC(COP(=O)([O-])OCC[N+](C)(C)C)OC(=O)CC/C=C/C/C=C/CCCCCCCC. The Labute approximate surface area is 319 Å². The summed E-state index contributed by atoms with van der Waals surface area (Å²) in [6.07, 6.45) is 37.6. The number of hydrogen-bond acceptors (Lipinski definition) is 8. The molecule has 9 nitrogen and oxygen atoms in total. The molecule has 0 radical (unpaired) electrons. The Balaban J connectivity index is 4.47. The molecule has 0 amide bonds. The number of quaternary nitrogens is 1. The van der Waals surface area contributed by atoms with Crippen LogP contribution in [-0.4, -0.2) is 70.0 Å². The predicted octanol–water partition coefficient (Wildman–Crippen LogP) is 10.7. The molecular formula is C42H78NO8P. The summed E-state index contributed by atoms with van der Waals surface area (Å²) in [5.74, 6) is -0.919. The molecule has 0 heterocycles. The largest absolute Gasteiger partial charge is 0.756 e. The highest BCUT2D eigenvalue weighted by Gasteiger charge is 2.21. The summed E-state index contributed by atoms with van der Waals surface area (Å²) in [5.41, 5.74) is 0. The Bertz CT molecular complexity index is 991. The predicted molar refractivity (Wildman–Crippen MR) is 213 cm³/mol. The van der Waals surface area contributed by atoms with E-state index in [1.807, 2.05) is 33.3 Å². The molecule has 52 heavy (non-hydrogen) atoms. The molecule has 0 saturated heterocycles. The molecule has 0 aliphatic heterocycles. The fraction of sp³-hybridized carbons (Fsp3) is 0.810. The van der Waals surface area contributed by atoms with Gasteiger partial charge in [0.25, 0.3) is 7.82 Å². The molecule has 0 aromatic carbocycles. The first-order chi connectivity index (χ1) is 25.0. The van der Waals surface area contributed by atoms with E-state index < -0.39 is 32.5 Å². The zero-order valence-electron chi connectivity index (χ0n) is 34.0. The number of ether oxygens (including phenoxy) is 2. The van der Waals surface area contributed by atoms with Crippen LogP contribution in [0.1, 0.15) is 168 Å². The van der Waals surface area contributed by atoms with Gasteiger partial charge in [0.15, 0.2) is 6.10 Å². The molecule has 0 aliphatic carbocycles. The minimum Gasteiger partial charge on any atom is -0.756 e. The number of likely N-dealkylation sites (N-methyl/N-ethyl adjacent to an activating group) is 1. The maximum absolute atomic E-state index is 12.6. The van der Waals surface area contributed by atoms with Gasteiger partial charge in [-0.2, -0.15) is 0 Å². The number of carbonyl (C=O) groups excluding carboxylic acids is 2. The molecule has 0 aromatic heterocycles. The van der Waals surface area contributed by atoms with Crippen LogP contribution in [0.25, 0.3) is 0 Å². The standard InChI is InChI=1S/C42H78NO8P/c1-6-8-10-12-14-16-18-20-21-23-24-26-28-30-32-34-41(44)48-38-40(39-50-52(46,47)49-37-36-43(3,4)5)51-42(45)35-33-31-29-27-25-22-19-17-15-13-11-9-7-2/h16,18,22,25,29,31,40H,6-15,17,19-21,23-24,26-28,30,32-39H2,1-5H3/b18-16+,25-22+,31-29+. The van der Waals surface area contributed by atoms with Crippen molar-refractivity contribution in [3.8, 4) is 0 Å². The highest BCUT2D eigenvalue weighted by Crippen LogP contribution is 2.38. The Kier molecular flexibility index (Phi) is 33.8. The van der Waals surface area contributed by atoms with Crippen LogP contribution in [0.5, 0.6) is 0 Å². The summed E-state index contributed by atoms with van der Waals surface area (Å²) in [6.45, 7) is 4.12. The molecule has 0 fully saturated rings. The van der Waals surface area contributed by atoms with Crippen LogP contribution >= 0.6 is 7.82 Å². The Hall–Kier alpha value is -1.77. The van der Waals surface area contributed by atoms with Crippen LogP contribution in [0.15, 0.2) is 36.5 Å². The summed E-state index contributed by atoms with van der Waals surface area (Å²) in [7, 11) is 1.13. The van der Waals surface area contributed by atoms with Crippen molar-refractivity contribution in [3.05, 3.63) is 36.5 Å². The van der Waals surface area contributed by atoms with Gasteiger partial charge in [-0.1, -0.05) is 134 Å². The van der Waals surface area contributed by atoms with Gasteiger partial charge in [0, 0.05) is 12.8 Å². The molecule has 0 saturated carbocycles. The molecular weight excluding hydrogens is 677 g/mol. The number of nitrogens with zero attached hydrogens (tertiary/aromatic N) is 1. The molecule has 304 valence electrons. The zero-order chi connectivity index (χ0) is 38.6. The maximum atomic E-state index is 12.6. The highest BCUT2D eigenvalue weighted by atomic mass is 31.2. The fourth-order valence-corrected chi connectivity index (χ4v) is 6.08. The van der Waals surface area contributed by atoms with Crippen molar-refractivity contribution in [3.63, 3.8) is 0 Å². The van der Waals surface area contributed by atoms with Gasteiger partial charge in [-0.3, -0.25) is 14.2 Å². The maximum Gasteiger partial charge on any atom is 0.306 e. The molecule has 0 N–H and O–H groups in total. The lowest BCUT2D eigenvalue weighted by Crippen LogP contribution is -2.37. The van der Waals surface area contributed by atoms with E-state index in [9.17, 15) is 19.0 Å². The third-order valence-corrected chi connectivity index (χ3v) is 9.61. The van der Waals surface area contributed by atoms with Gasteiger partial charge in [-0.05, 0) is 57.8 Å². The number of phosphoric acid groups is 1. The Morgan fingerprint density at radius 3 is 1.63 bits per heavy atom. The molecule has 2 unspecified atom stereocenters. The lowest BCUT2D eigenvalue weighted by atomic mass is 10.1. The summed E-state index contributed by atoms with van der Waals surface area (Å²) in [4.78, 5) is 37.4. The molecule has 10 heteroatoms. The first-order valence-electron chi connectivity index (χ1n) is 20.7. The van der Waals surface area contributed by atoms with Crippen molar-refractivity contribution in [2.24, 2.45) is 0 Å². The van der Waals surface area contributed by atoms with E-state index in [1.165, 1.54) is 89.9 Å². The molecule has 0 spiro atoms. The van der Waals surface area contributed by atoms with Gasteiger partial charge in [-0.15, -0.1) is 0 Å². The van der Waals surface area contributed by atoms with Crippen LogP contribution in [-0.2, 0) is 32.7 Å². The normalized spacial score (nSPS) is 14.0. The number of unbranched alkanes of at least 4 members (excludes halogenated alkanes) is 17. The third kappa shape index (κ3) is 38.0. The van der Waals surface area contributed by atoms with E-state index in [0.29, 0.717) is 17.4 Å². The van der Waals surface area contributed by atoms with Crippen molar-refractivity contribution in [1.29, 1.82) is 0 Å². The lowest BCUT2D eigenvalue weighted by Gasteiger charge is -2.28. The number of rotatable bonds is 37. The molecule has 2 atom stereocenters. The monoisotopic (exact) mass is 756 g/mol. The number of esters is 2. The van der Waals surface area contributed by atoms with Crippen LogP contribution in [0, 0.1) is 0 Å². The molecule has 0 aromatic rings. The average Bonchev–Trinajstić information content (AvgIpc) is 3.09. The van der Waals surface area contributed by atoms with E-state index >= 15 is 0 Å².